The molecule has 0 bridgehead atoms. The summed E-state index contributed by atoms with van der Waals surface area (Å²) in [6, 6.07) is 10.4. The molecule has 0 saturated carbocycles. The van der Waals surface area contributed by atoms with Crippen LogP contribution in [0.1, 0.15) is 61.0 Å². The second-order valence-electron chi connectivity index (χ2n) is 7.10. The third-order valence-corrected chi connectivity index (χ3v) is 4.41. The van der Waals surface area contributed by atoms with Gasteiger partial charge in [-0.2, -0.15) is 0 Å². The summed E-state index contributed by atoms with van der Waals surface area (Å²) < 4.78 is 10.1. The number of phenolic OH excluding ortho intramolecular Hbond substituents is 1. The van der Waals surface area contributed by atoms with E-state index >= 15 is 0 Å². The first-order valence-electron chi connectivity index (χ1n) is 9.22. The van der Waals surface area contributed by atoms with Gasteiger partial charge >= 0.3 is 5.97 Å². The first-order valence-corrected chi connectivity index (χ1v) is 9.22. The molecule has 0 aliphatic heterocycles. The average molecular weight is 385 g/mol. The third kappa shape index (κ3) is 4.82. The SMILES string of the molecule is COc1cccc(C(=O)OCC(=O)Nc2c(C(C)C)cccc2C(C)C)c1O. The molecule has 0 fully saturated rings. The van der Waals surface area contributed by atoms with Gasteiger partial charge < -0.3 is 19.9 Å². The van der Waals surface area contributed by atoms with Gasteiger partial charge in [-0.05, 0) is 35.1 Å². The Morgan fingerprint density at radius 1 is 1.00 bits per heavy atom. The lowest BCUT2D eigenvalue weighted by Crippen LogP contribution is -2.22. The lowest BCUT2D eigenvalue weighted by molar-refractivity contribution is -0.119. The Labute approximate surface area is 165 Å². The van der Waals surface area contributed by atoms with Crippen LogP contribution in [0.3, 0.4) is 0 Å². The molecule has 28 heavy (non-hydrogen) atoms. The van der Waals surface area contributed by atoms with E-state index in [1.807, 2.05) is 18.2 Å². The minimum atomic E-state index is -0.798. The Bertz CT molecular complexity index is 832. The Balaban J connectivity index is 2.12. The van der Waals surface area contributed by atoms with Crippen molar-refractivity contribution in [1.82, 2.24) is 0 Å². The van der Waals surface area contributed by atoms with Crippen molar-refractivity contribution in [1.29, 1.82) is 0 Å². The Hall–Kier alpha value is -3.02. The number of amides is 1. The predicted molar refractivity (Wildman–Crippen MR) is 108 cm³/mol. The number of hydrogen-bond donors (Lipinski definition) is 2. The van der Waals surface area contributed by atoms with Gasteiger partial charge in [0.15, 0.2) is 18.1 Å². The van der Waals surface area contributed by atoms with Crippen LogP contribution < -0.4 is 10.1 Å². The minimum absolute atomic E-state index is 0.0578. The number of benzene rings is 2. The summed E-state index contributed by atoms with van der Waals surface area (Å²) in [6.45, 7) is 7.77. The maximum absolute atomic E-state index is 12.4. The molecule has 0 atom stereocenters. The van der Waals surface area contributed by atoms with Gasteiger partial charge in [-0.15, -0.1) is 0 Å². The van der Waals surface area contributed by atoms with Gasteiger partial charge in [0.05, 0.1) is 7.11 Å². The number of para-hydroxylation sites is 2. The predicted octanol–water partition coefficient (Wildman–Crippen LogP) is 4.44. The molecule has 0 aliphatic rings. The summed E-state index contributed by atoms with van der Waals surface area (Å²) in [5, 5.41) is 12.9. The molecule has 2 aromatic rings. The van der Waals surface area contributed by atoms with Crippen LogP contribution in [-0.4, -0.2) is 30.7 Å². The van der Waals surface area contributed by atoms with E-state index in [1.54, 1.807) is 6.07 Å². The molecule has 2 N–H and O–H groups in total. The number of carbonyl (C=O) groups excluding carboxylic acids is 2. The number of ether oxygens (including phenoxy) is 2. The van der Waals surface area contributed by atoms with Crippen molar-refractivity contribution in [2.45, 2.75) is 39.5 Å². The molecule has 150 valence electrons. The highest BCUT2D eigenvalue weighted by Gasteiger charge is 2.19. The van der Waals surface area contributed by atoms with Crippen LogP contribution >= 0.6 is 0 Å². The topological polar surface area (TPSA) is 84.9 Å². The average Bonchev–Trinajstić information content (AvgIpc) is 2.66. The van der Waals surface area contributed by atoms with Crippen LogP contribution in [0.25, 0.3) is 0 Å². The summed E-state index contributed by atoms with van der Waals surface area (Å²) >= 11 is 0. The number of esters is 1. The third-order valence-electron chi connectivity index (χ3n) is 4.41. The molecule has 0 spiro atoms. The number of nitrogens with one attached hydrogen (secondary N) is 1. The molecule has 1 amide bonds. The fraction of sp³-hybridized carbons (Fsp3) is 0.364. The van der Waals surface area contributed by atoms with Crippen LogP contribution in [-0.2, 0) is 9.53 Å². The molecule has 0 unspecified atom stereocenters. The normalized spacial score (nSPS) is 10.8. The second kappa shape index (κ2) is 9.26. The van der Waals surface area contributed by atoms with Crippen molar-refractivity contribution >= 4 is 17.6 Å². The number of hydrogen-bond acceptors (Lipinski definition) is 5. The van der Waals surface area contributed by atoms with Gasteiger partial charge in [0.2, 0.25) is 0 Å². The van der Waals surface area contributed by atoms with Crippen LogP contribution in [0.4, 0.5) is 5.69 Å². The van der Waals surface area contributed by atoms with Crippen LogP contribution in [0.5, 0.6) is 11.5 Å². The Kier molecular flexibility index (Phi) is 7.04. The van der Waals surface area contributed by atoms with E-state index in [0.29, 0.717) is 0 Å². The maximum atomic E-state index is 12.4. The number of rotatable bonds is 7. The van der Waals surface area contributed by atoms with Crippen LogP contribution in [0.2, 0.25) is 0 Å². The van der Waals surface area contributed by atoms with Gasteiger partial charge in [-0.3, -0.25) is 4.79 Å². The molecular weight excluding hydrogens is 358 g/mol. The summed E-state index contributed by atoms with van der Waals surface area (Å²) in [5.41, 5.74) is 2.75. The van der Waals surface area contributed by atoms with Crippen LogP contribution in [0.15, 0.2) is 36.4 Å². The van der Waals surface area contributed by atoms with E-state index in [1.165, 1.54) is 19.2 Å². The fourth-order valence-corrected chi connectivity index (χ4v) is 2.93. The molecule has 2 aromatic carbocycles. The molecule has 0 heterocycles. The van der Waals surface area contributed by atoms with Crippen molar-refractivity contribution in [3.8, 4) is 11.5 Å². The van der Waals surface area contributed by atoms with Gasteiger partial charge in [-0.25, -0.2) is 4.79 Å². The van der Waals surface area contributed by atoms with Gasteiger partial charge in [-0.1, -0.05) is 52.0 Å². The first-order chi connectivity index (χ1) is 13.3. The van der Waals surface area contributed by atoms with E-state index in [9.17, 15) is 14.7 Å². The van der Waals surface area contributed by atoms with Crippen molar-refractivity contribution in [2.24, 2.45) is 0 Å². The number of carbonyl (C=O) groups is 2. The van der Waals surface area contributed by atoms with Crippen molar-refractivity contribution < 1.29 is 24.2 Å². The zero-order chi connectivity index (χ0) is 20.8. The van der Waals surface area contributed by atoms with E-state index in [-0.39, 0.29) is 28.9 Å². The lowest BCUT2D eigenvalue weighted by Gasteiger charge is -2.20. The monoisotopic (exact) mass is 385 g/mol. The fourth-order valence-electron chi connectivity index (χ4n) is 2.93. The second-order valence-corrected chi connectivity index (χ2v) is 7.10. The number of phenols is 1. The molecule has 0 radical (unpaired) electrons. The van der Waals surface area contributed by atoms with E-state index in [2.05, 4.69) is 33.0 Å². The smallest absolute Gasteiger partial charge is 0.342 e. The van der Waals surface area contributed by atoms with Gasteiger partial charge in [0, 0.05) is 5.69 Å². The Morgan fingerprint density at radius 3 is 2.11 bits per heavy atom. The van der Waals surface area contributed by atoms with Crippen molar-refractivity contribution in [3.05, 3.63) is 53.1 Å². The summed E-state index contributed by atoms with van der Waals surface area (Å²) in [4.78, 5) is 24.7. The van der Waals surface area contributed by atoms with Crippen molar-refractivity contribution in [2.75, 3.05) is 19.0 Å². The molecule has 2 rings (SSSR count). The highest BCUT2D eigenvalue weighted by molar-refractivity contribution is 5.98. The summed E-state index contributed by atoms with van der Waals surface area (Å²) in [5.74, 6) is -0.942. The maximum Gasteiger partial charge on any atom is 0.342 e. The molecular formula is C22H27NO5. The largest absolute Gasteiger partial charge is 0.504 e. The quantitative estimate of drug-likeness (QED) is 0.688. The van der Waals surface area contributed by atoms with E-state index in [4.69, 9.17) is 9.47 Å². The van der Waals surface area contributed by atoms with E-state index < -0.39 is 18.5 Å². The highest BCUT2D eigenvalue weighted by atomic mass is 16.5. The molecule has 6 heteroatoms. The van der Waals surface area contributed by atoms with Crippen molar-refractivity contribution in [3.63, 3.8) is 0 Å². The lowest BCUT2D eigenvalue weighted by atomic mass is 9.92. The zero-order valence-electron chi connectivity index (χ0n) is 16.9. The standard InChI is InChI=1S/C22H27NO5/c1-13(2)15-8-6-9-16(14(3)4)20(15)23-19(24)12-28-22(26)17-10-7-11-18(27-5)21(17)25/h6-11,13-14,25H,12H2,1-5H3,(H,23,24). The first kappa shape index (κ1) is 21.3. The number of anilines is 1. The number of methoxy groups -OCH3 is 1. The molecule has 0 aromatic heterocycles. The summed E-state index contributed by atoms with van der Waals surface area (Å²) in [7, 11) is 1.39. The van der Waals surface area contributed by atoms with E-state index in [0.717, 1.165) is 16.8 Å². The zero-order valence-corrected chi connectivity index (χ0v) is 16.9. The van der Waals surface area contributed by atoms with Gasteiger partial charge in [0.25, 0.3) is 5.91 Å². The molecule has 6 nitrogen and oxygen atoms in total. The number of aromatic hydroxyl groups is 1. The van der Waals surface area contributed by atoms with Gasteiger partial charge in [0.1, 0.15) is 5.56 Å². The molecule has 0 saturated heterocycles. The Morgan fingerprint density at radius 2 is 1.57 bits per heavy atom. The molecule has 0 aliphatic carbocycles. The van der Waals surface area contributed by atoms with Crippen LogP contribution in [0, 0.1) is 0 Å². The summed E-state index contributed by atoms with van der Waals surface area (Å²) in [6.07, 6.45) is 0. The highest BCUT2D eigenvalue weighted by Crippen LogP contribution is 2.32. The minimum Gasteiger partial charge on any atom is -0.504 e.